The number of rotatable bonds is 6. The van der Waals surface area contributed by atoms with Gasteiger partial charge in [-0.1, -0.05) is 35.5 Å². The number of nitrogens with zero attached hydrogens (tertiary/aromatic N) is 1. The summed E-state index contributed by atoms with van der Waals surface area (Å²) < 4.78 is 11.0. The van der Waals surface area contributed by atoms with Gasteiger partial charge < -0.3 is 14.3 Å². The van der Waals surface area contributed by atoms with Crippen LogP contribution >= 0.6 is 0 Å². The van der Waals surface area contributed by atoms with E-state index in [0.717, 1.165) is 30.7 Å². The van der Waals surface area contributed by atoms with Crippen LogP contribution in [0.1, 0.15) is 31.7 Å². The maximum absolute atomic E-state index is 5.55. The van der Waals surface area contributed by atoms with Crippen molar-refractivity contribution in [2.75, 3.05) is 19.8 Å². The van der Waals surface area contributed by atoms with E-state index in [1.54, 1.807) is 0 Å². The lowest BCUT2D eigenvalue weighted by atomic mass is 10.1. The number of hydrogen-bond acceptors (Lipinski definition) is 4. The first-order valence-electron chi connectivity index (χ1n) is 6.81. The molecule has 1 aliphatic rings. The maximum atomic E-state index is 5.55. The van der Waals surface area contributed by atoms with Gasteiger partial charge in [-0.3, -0.25) is 0 Å². The van der Waals surface area contributed by atoms with Crippen molar-refractivity contribution in [3.63, 3.8) is 0 Å². The van der Waals surface area contributed by atoms with E-state index in [2.05, 4.69) is 5.16 Å². The van der Waals surface area contributed by atoms with Gasteiger partial charge in [0.2, 0.25) is 0 Å². The van der Waals surface area contributed by atoms with Gasteiger partial charge in [-0.05, 0) is 31.7 Å². The summed E-state index contributed by atoms with van der Waals surface area (Å²) in [5.41, 5.74) is 1.94. The second kappa shape index (κ2) is 7.92. The largest absolute Gasteiger partial charge is 0.393 e. The first-order valence-corrected chi connectivity index (χ1v) is 6.81. The van der Waals surface area contributed by atoms with Gasteiger partial charge in [-0.25, -0.2) is 0 Å². The summed E-state index contributed by atoms with van der Waals surface area (Å²) in [6, 6.07) is 9.97. The first kappa shape index (κ1) is 14.0. The molecule has 1 aromatic carbocycles. The maximum Gasteiger partial charge on any atom is 0.157 e. The molecule has 0 radical (unpaired) electrons. The summed E-state index contributed by atoms with van der Waals surface area (Å²) in [5, 5.41) is 4.07. The first-order chi connectivity index (χ1) is 9.36. The van der Waals surface area contributed by atoms with Crippen LogP contribution in [0.3, 0.4) is 0 Å². The van der Waals surface area contributed by atoms with Crippen LogP contribution in [0.25, 0.3) is 0 Å². The molecule has 1 saturated heterocycles. The zero-order chi connectivity index (χ0) is 13.3. The van der Waals surface area contributed by atoms with E-state index in [-0.39, 0.29) is 6.29 Å². The van der Waals surface area contributed by atoms with E-state index in [1.165, 1.54) is 6.42 Å². The Balaban J connectivity index is 1.63. The van der Waals surface area contributed by atoms with E-state index in [0.29, 0.717) is 13.2 Å². The molecule has 1 aromatic rings. The second-order valence-corrected chi connectivity index (χ2v) is 4.54. The van der Waals surface area contributed by atoms with Crippen LogP contribution in [0.5, 0.6) is 0 Å². The molecule has 0 amide bonds. The van der Waals surface area contributed by atoms with E-state index in [4.69, 9.17) is 14.3 Å². The molecule has 4 nitrogen and oxygen atoms in total. The molecule has 0 N–H and O–H groups in total. The standard InChI is InChI=1S/C15H21NO3/c1-13(14-7-3-2-4-8-14)16-19-12-11-18-15-9-5-6-10-17-15/h2-4,7-8,15H,5-6,9-12H2,1H3/b16-13+. The Morgan fingerprint density at radius 1 is 1.26 bits per heavy atom. The molecular weight excluding hydrogens is 242 g/mol. The van der Waals surface area contributed by atoms with Gasteiger partial charge >= 0.3 is 0 Å². The van der Waals surface area contributed by atoms with Crippen molar-refractivity contribution in [1.29, 1.82) is 0 Å². The number of oxime groups is 1. The zero-order valence-electron chi connectivity index (χ0n) is 11.4. The van der Waals surface area contributed by atoms with Crippen LogP contribution < -0.4 is 0 Å². The van der Waals surface area contributed by atoms with E-state index >= 15 is 0 Å². The highest BCUT2D eigenvalue weighted by atomic mass is 16.7. The predicted octanol–water partition coefficient (Wildman–Crippen LogP) is 2.97. The summed E-state index contributed by atoms with van der Waals surface area (Å²) in [7, 11) is 0. The van der Waals surface area contributed by atoms with E-state index in [1.807, 2.05) is 37.3 Å². The average molecular weight is 263 g/mol. The second-order valence-electron chi connectivity index (χ2n) is 4.54. The van der Waals surface area contributed by atoms with Gasteiger partial charge in [0.1, 0.15) is 6.61 Å². The summed E-state index contributed by atoms with van der Waals surface area (Å²) in [5.74, 6) is 0. The van der Waals surface area contributed by atoms with Crippen LogP contribution in [0, 0.1) is 0 Å². The van der Waals surface area contributed by atoms with Crippen LogP contribution in [-0.4, -0.2) is 31.8 Å². The minimum absolute atomic E-state index is 0.0588. The van der Waals surface area contributed by atoms with Crippen molar-refractivity contribution in [1.82, 2.24) is 0 Å². The van der Waals surface area contributed by atoms with Crippen molar-refractivity contribution < 1.29 is 14.3 Å². The third-order valence-electron chi connectivity index (χ3n) is 3.01. The average Bonchev–Trinajstić information content (AvgIpc) is 2.49. The van der Waals surface area contributed by atoms with Gasteiger partial charge in [-0.15, -0.1) is 0 Å². The zero-order valence-corrected chi connectivity index (χ0v) is 11.4. The molecule has 0 spiro atoms. The molecular formula is C15H21NO3. The van der Waals surface area contributed by atoms with Crippen molar-refractivity contribution in [3.05, 3.63) is 35.9 Å². The smallest absolute Gasteiger partial charge is 0.157 e. The predicted molar refractivity (Wildman–Crippen MR) is 74.1 cm³/mol. The Hall–Kier alpha value is -1.39. The number of benzene rings is 1. The minimum atomic E-state index is -0.0588. The summed E-state index contributed by atoms with van der Waals surface area (Å²) in [6.45, 7) is 3.69. The summed E-state index contributed by atoms with van der Waals surface area (Å²) >= 11 is 0. The minimum Gasteiger partial charge on any atom is -0.393 e. The molecule has 19 heavy (non-hydrogen) atoms. The summed E-state index contributed by atoms with van der Waals surface area (Å²) in [4.78, 5) is 5.25. The molecule has 0 aliphatic carbocycles. The Morgan fingerprint density at radius 3 is 2.84 bits per heavy atom. The Labute approximate surface area is 114 Å². The normalized spacial score (nSPS) is 20.3. The molecule has 0 saturated carbocycles. The molecule has 0 aromatic heterocycles. The van der Waals surface area contributed by atoms with Crippen molar-refractivity contribution in [2.24, 2.45) is 5.16 Å². The van der Waals surface area contributed by atoms with Crippen LogP contribution in [-0.2, 0) is 14.3 Å². The van der Waals surface area contributed by atoms with Gasteiger partial charge in [-0.2, -0.15) is 0 Å². The Bertz CT molecular complexity index is 386. The molecule has 1 fully saturated rings. The fourth-order valence-corrected chi connectivity index (χ4v) is 1.93. The lowest BCUT2D eigenvalue weighted by molar-refractivity contribution is -0.169. The van der Waals surface area contributed by atoms with E-state index < -0.39 is 0 Å². The van der Waals surface area contributed by atoms with Crippen LogP contribution in [0.2, 0.25) is 0 Å². The van der Waals surface area contributed by atoms with Crippen LogP contribution in [0.4, 0.5) is 0 Å². The molecule has 1 atom stereocenters. The number of hydrogen-bond donors (Lipinski definition) is 0. The molecule has 1 aliphatic heterocycles. The van der Waals surface area contributed by atoms with Crippen LogP contribution in [0.15, 0.2) is 35.5 Å². The third kappa shape index (κ3) is 5.01. The highest BCUT2D eigenvalue weighted by Crippen LogP contribution is 2.13. The highest BCUT2D eigenvalue weighted by Gasteiger charge is 2.13. The van der Waals surface area contributed by atoms with Gasteiger partial charge in [0, 0.05) is 6.61 Å². The number of ether oxygens (including phenoxy) is 2. The van der Waals surface area contributed by atoms with Gasteiger partial charge in [0.15, 0.2) is 6.29 Å². The molecule has 104 valence electrons. The van der Waals surface area contributed by atoms with Gasteiger partial charge in [0.25, 0.3) is 0 Å². The third-order valence-corrected chi connectivity index (χ3v) is 3.01. The van der Waals surface area contributed by atoms with Crippen molar-refractivity contribution in [2.45, 2.75) is 32.5 Å². The Morgan fingerprint density at radius 2 is 2.11 bits per heavy atom. The molecule has 0 bridgehead atoms. The highest BCUT2D eigenvalue weighted by molar-refractivity contribution is 5.98. The van der Waals surface area contributed by atoms with E-state index in [9.17, 15) is 0 Å². The lowest BCUT2D eigenvalue weighted by Gasteiger charge is -2.22. The fourth-order valence-electron chi connectivity index (χ4n) is 1.93. The summed E-state index contributed by atoms with van der Waals surface area (Å²) in [6.07, 6.45) is 3.23. The van der Waals surface area contributed by atoms with Crippen molar-refractivity contribution >= 4 is 5.71 Å². The fraction of sp³-hybridized carbons (Fsp3) is 0.533. The SMILES string of the molecule is C/C(=N\OCCOC1CCCCO1)c1ccccc1. The van der Waals surface area contributed by atoms with Gasteiger partial charge in [0.05, 0.1) is 12.3 Å². The molecule has 1 heterocycles. The molecule has 2 rings (SSSR count). The molecule has 4 heteroatoms. The molecule has 1 unspecified atom stereocenters. The monoisotopic (exact) mass is 263 g/mol. The lowest BCUT2D eigenvalue weighted by Crippen LogP contribution is -2.23. The van der Waals surface area contributed by atoms with Crippen molar-refractivity contribution in [3.8, 4) is 0 Å². The Kier molecular flexibility index (Phi) is 5.85. The quantitative estimate of drug-likeness (QED) is 0.450. The topological polar surface area (TPSA) is 40.0 Å².